The molecule has 3 rings (SSSR count). The Kier molecular flexibility index (Phi) is 11.7. The fourth-order valence-corrected chi connectivity index (χ4v) is 5.35. The molecule has 0 unspecified atom stereocenters. The summed E-state index contributed by atoms with van der Waals surface area (Å²) in [5.74, 6) is -1.48. The van der Waals surface area contributed by atoms with Gasteiger partial charge in [0.25, 0.3) is 0 Å². The van der Waals surface area contributed by atoms with E-state index in [2.05, 4.69) is 5.32 Å². The molecule has 0 bridgehead atoms. The molecule has 2 amide bonds. The molecule has 3 aromatic rings. The molecule has 0 aliphatic rings. The number of rotatable bonds is 14. The van der Waals surface area contributed by atoms with Gasteiger partial charge in [-0.25, -0.2) is 8.70 Å². The average molecular weight is 603 g/mol. The van der Waals surface area contributed by atoms with Crippen LogP contribution in [0.5, 0.6) is 0 Å². The summed E-state index contributed by atoms with van der Waals surface area (Å²) in [5.41, 5.74) is 1.67. The number of amides is 2. The maximum atomic E-state index is 14.1. The largest absolute Gasteiger partial charge is 0.354 e. The first kappa shape index (κ1) is 32.0. The molecule has 1 N–H and O–H groups in total. The van der Waals surface area contributed by atoms with E-state index < -0.39 is 34.5 Å². The molecule has 0 saturated carbocycles. The van der Waals surface area contributed by atoms with Crippen molar-refractivity contribution >= 4 is 39.3 Å². The zero-order valence-corrected chi connectivity index (χ0v) is 25.0. The van der Waals surface area contributed by atoms with Gasteiger partial charge in [-0.2, -0.15) is 12.7 Å². The average Bonchev–Trinajstić information content (AvgIpc) is 2.95. The molecule has 3 aromatic carbocycles. The van der Waals surface area contributed by atoms with Crippen LogP contribution >= 0.6 is 11.6 Å². The number of nitrogens with zero attached hydrogens (tertiary/aromatic N) is 3. The molecule has 0 heterocycles. The predicted octanol–water partition coefficient (Wildman–Crippen LogP) is 4.65. The lowest BCUT2D eigenvalue weighted by Gasteiger charge is -2.34. The molecular weight excluding hydrogens is 567 g/mol. The molecule has 0 radical (unpaired) electrons. The number of benzene rings is 3. The number of carbonyl (C=O) groups is 2. The first-order valence-electron chi connectivity index (χ1n) is 13.3. The lowest BCUT2D eigenvalue weighted by Crippen LogP contribution is -2.54. The summed E-state index contributed by atoms with van der Waals surface area (Å²) in [5, 5.41) is 3.46. The van der Waals surface area contributed by atoms with E-state index in [0.717, 1.165) is 39.1 Å². The smallest absolute Gasteiger partial charge is 0.304 e. The van der Waals surface area contributed by atoms with E-state index in [4.69, 9.17) is 11.6 Å². The maximum Gasteiger partial charge on any atom is 0.304 e. The van der Waals surface area contributed by atoms with Crippen LogP contribution in [-0.2, 0) is 32.8 Å². The monoisotopic (exact) mass is 602 g/mol. The third-order valence-electron chi connectivity index (χ3n) is 6.50. The van der Waals surface area contributed by atoms with Crippen LogP contribution < -0.4 is 9.62 Å². The van der Waals surface area contributed by atoms with Crippen molar-refractivity contribution in [1.82, 2.24) is 14.5 Å². The fourth-order valence-electron chi connectivity index (χ4n) is 4.17. The van der Waals surface area contributed by atoms with Gasteiger partial charge >= 0.3 is 10.2 Å². The lowest BCUT2D eigenvalue weighted by molar-refractivity contribution is -0.140. The molecule has 11 heteroatoms. The highest BCUT2D eigenvalue weighted by Crippen LogP contribution is 2.22. The Morgan fingerprint density at radius 2 is 1.56 bits per heavy atom. The topological polar surface area (TPSA) is 90.0 Å². The van der Waals surface area contributed by atoms with Crippen molar-refractivity contribution in [2.75, 3.05) is 31.5 Å². The second kappa shape index (κ2) is 15.0. The van der Waals surface area contributed by atoms with Crippen molar-refractivity contribution in [3.8, 4) is 0 Å². The number of hydrogen-bond donors (Lipinski definition) is 1. The highest BCUT2D eigenvalue weighted by molar-refractivity contribution is 7.90. The van der Waals surface area contributed by atoms with Gasteiger partial charge in [-0.05, 0) is 53.9 Å². The van der Waals surface area contributed by atoms with Gasteiger partial charge < -0.3 is 10.2 Å². The van der Waals surface area contributed by atoms with Gasteiger partial charge in [0.15, 0.2) is 0 Å². The molecular formula is C30H36ClFN4O4S. The van der Waals surface area contributed by atoms with E-state index in [1.54, 1.807) is 24.3 Å². The molecule has 0 aromatic heterocycles. The normalized spacial score (nSPS) is 12.1. The standard InChI is InChI=1S/C30H36ClFN4O4S/c1-4-5-19-33-30(38)28(20-23-9-7-6-8-10-23)35(21-24-11-13-25(31)14-12-24)29(37)22-36(41(39,40)34(2)3)27-17-15-26(32)16-18-27/h6-18,28H,4-5,19-22H2,1-3H3,(H,33,38)/t28-/m1/s1. The molecule has 8 nitrogen and oxygen atoms in total. The van der Waals surface area contributed by atoms with Crippen LogP contribution in [0.2, 0.25) is 5.02 Å². The maximum absolute atomic E-state index is 14.1. The van der Waals surface area contributed by atoms with Gasteiger partial charge in [0.05, 0.1) is 5.69 Å². The fraction of sp³-hybridized carbons (Fsp3) is 0.333. The Morgan fingerprint density at radius 3 is 2.15 bits per heavy atom. The predicted molar refractivity (Wildman–Crippen MR) is 160 cm³/mol. The molecule has 0 aliphatic carbocycles. The zero-order valence-electron chi connectivity index (χ0n) is 23.5. The van der Waals surface area contributed by atoms with Crippen LogP contribution in [0, 0.1) is 5.82 Å². The van der Waals surface area contributed by atoms with Crippen LogP contribution in [0.25, 0.3) is 0 Å². The van der Waals surface area contributed by atoms with Gasteiger partial charge in [-0.3, -0.25) is 9.59 Å². The molecule has 41 heavy (non-hydrogen) atoms. The highest BCUT2D eigenvalue weighted by atomic mass is 35.5. The SMILES string of the molecule is CCCCNC(=O)[C@@H](Cc1ccccc1)N(Cc1ccc(Cl)cc1)C(=O)CN(c1ccc(F)cc1)S(=O)(=O)N(C)C. The summed E-state index contributed by atoms with van der Waals surface area (Å²) in [7, 11) is -1.46. The van der Waals surface area contributed by atoms with Crippen LogP contribution in [0.15, 0.2) is 78.9 Å². The molecule has 0 spiro atoms. The Hall–Kier alpha value is -3.47. The number of carbonyl (C=O) groups excluding carboxylic acids is 2. The number of halogens is 2. The summed E-state index contributed by atoms with van der Waals surface area (Å²) < 4.78 is 42.2. The Bertz CT molecular complexity index is 1390. The second-order valence-corrected chi connectivity index (χ2v) is 12.3. The van der Waals surface area contributed by atoms with Crippen molar-refractivity contribution < 1.29 is 22.4 Å². The quantitative estimate of drug-likeness (QED) is 0.272. The Balaban J connectivity index is 2.06. The van der Waals surface area contributed by atoms with Gasteiger partial charge in [0.1, 0.15) is 18.4 Å². The van der Waals surface area contributed by atoms with Crippen molar-refractivity contribution in [3.05, 3.63) is 101 Å². The third-order valence-corrected chi connectivity index (χ3v) is 8.57. The molecule has 1 atom stereocenters. The van der Waals surface area contributed by atoms with Crippen molar-refractivity contribution in [2.24, 2.45) is 0 Å². The van der Waals surface area contributed by atoms with E-state index in [0.29, 0.717) is 17.1 Å². The summed E-state index contributed by atoms with van der Waals surface area (Å²) in [6.45, 7) is 1.89. The number of hydrogen-bond acceptors (Lipinski definition) is 4. The van der Waals surface area contributed by atoms with E-state index in [1.165, 1.54) is 31.1 Å². The van der Waals surface area contributed by atoms with E-state index >= 15 is 0 Å². The number of nitrogens with one attached hydrogen (secondary N) is 1. The van der Waals surface area contributed by atoms with Gasteiger partial charge in [-0.1, -0.05) is 67.4 Å². The second-order valence-electron chi connectivity index (χ2n) is 9.77. The first-order chi connectivity index (χ1) is 19.5. The molecule has 0 saturated heterocycles. The summed E-state index contributed by atoms with van der Waals surface area (Å²) >= 11 is 6.08. The van der Waals surface area contributed by atoms with Crippen LogP contribution in [-0.4, -0.2) is 62.7 Å². The molecule has 220 valence electrons. The van der Waals surface area contributed by atoms with Crippen LogP contribution in [0.3, 0.4) is 0 Å². The van der Waals surface area contributed by atoms with Crippen molar-refractivity contribution in [2.45, 2.75) is 38.8 Å². The van der Waals surface area contributed by atoms with Gasteiger partial charge in [-0.15, -0.1) is 0 Å². The van der Waals surface area contributed by atoms with E-state index in [-0.39, 0.29) is 24.6 Å². The lowest BCUT2D eigenvalue weighted by atomic mass is 10.0. The minimum Gasteiger partial charge on any atom is -0.354 e. The van der Waals surface area contributed by atoms with Gasteiger partial charge in [0, 0.05) is 38.6 Å². The first-order valence-corrected chi connectivity index (χ1v) is 15.1. The zero-order chi connectivity index (χ0) is 30.0. The number of unbranched alkanes of at least 4 members (excludes halogenated alkanes) is 1. The highest BCUT2D eigenvalue weighted by Gasteiger charge is 2.34. The minimum atomic E-state index is -4.16. The van der Waals surface area contributed by atoms with Gasteiger partial charge in [0.2, 0.25) is 11.8 Å². The molecule has 0 fully saturated rings. The van der Waals surface area contributed by atoms with Crippen molar-refractivity contribution in [1.29, 1.82) is 0 Å². The summed E-state index contributed by atoms with van der Waals surface area (Å²) in [6, 6.07) is 20.1. The molecule has 0 aliphatic heterocycles. The van der Waals surface area contributed by atoms with Crippen molar-refractivity contribution in [3.63, 3.8) is 0 Å². The van der Waals surface area contributed by atoms with E-state index in [9.17, 15) is 22.4 Å². The summed E-state index contributed by atoms with van der Waals surface area (Å²) in [4.78, 5) is 29.1. The Labute approximate surface area is 246 Å². The van der Waals surface area contributed by atoms with Crippen LogP contribution in [0.1, 0.15) is 30.9 Å². The minimum absolute atomic E-state index is 0.0357. The van der Waals surface area contributed by atoms with E-state index in [1.807, 2.05) is 37.3 Å². The number of anilines is 1. The third kappa shape index (κ3) is 9.01. The Morgan fingerprint density at radius 1 is 0.927 bits per heavy atom. The van der Waals surface area contributed by atoms with Crippen LogP contribution in [0.4, 0.5) is 10.1 Å². The summed E-state index contributed by atoms with van der Waals surface area (Å²) in [6.07, 6.45) is 1.87.